The highest BCUT2D eigenvalue weighted by Crippen LogP contribution is 2.33. The topological polar surface area (TPSA) is 55.9 Å². The van der Waals surface area contributed by atoms with E-state index in [9.17, 15) is 5.11 Å². The highest BCUT2D eigenvalue weighted by molar-refractivity contribution is 9.10. The highest BCUT2D eigenvalue weighted by atomic mass is 79.9. The number of rotatable bonds is 7. The van der Waals surface area contributed by atoms with Gasteiger partial charge in [-0.3, -0.25) is 0 Å². The lowest BCUT2D eigenvalue weighted by Gasteiger charge is -2.30. The van der Waals surface area contributed by atoms with Crippen LogP contribution in [0.5, 0.6) is 0 Å². The molecule has 2 heterocycles. The fourth-order valence-electron chi connectivity index (χ4n) is 3.39. The zero-order valence-corrected chi connectivity index (χ0v) is 19.5. The van der Waals surface area contributed by atoms with Crippen molar-refractivity contribution in [1.82, 2.24) is 19.3 Å². The van der Waals surface area contributed by atoms with Gasteiger partial charge < -0.3 is 9.67 Å². The molecule has 0 radical (unpaired) electrons. The van der Waals surface area contributed by atoms with Crippen molar-refractivity contribution < 1.29 is 5.11 Å². The lowest BCUT2D eigenvalue weighted by atomic mass is 9.93. The number of halogens is 3. The molecule has 4 aromatic rings. The van der Waals surface area contributed by atoms with Gasteiger partial charge in [-0.15, -0.1) is 0 Å². The molecule has 1 atom stereocenters. The number of nitrogens with zero attached hydrogens (tertiary/aromatic N) is 4. The molecule has 0 amide bonds. The Labute approximate surface area is 198 Å². The summed E-state index contributed by atoms with van der Waals surface area (Å²) in [7, 11) is 0. The van der Waals surface area contributed by atoms with Crippen LogP contribution in [0.4, 0.5) is 0 Å². The van der Waals surface area contributed by atoms with Crippen molar-refractivity contribution in [1.29, 1.82) is 0 Å². The van der Waals surface area contributed by atoms with Crippen LogP contribution in [0.2, 0.25) is 10.0 Å². The molecule has 4 rings (SSSR count). The molecule has 0 spiro atoms. The van der Waals surface area contributed by atoms with Crippen LogP contribution in [0.25, 0.3) is 12.2 Å². The summed E-state index contributed by atoms with van der Waals surface area (Å²) in [5.74, 6) is 0. The third-order valence-electron chi connectivity index (χ3n) is 4.88. The van der Waals surface area contributed by atoms with Crippen molar-refractivity contribution in [3.8, 4) is 0 Å². The Morgan fingerprint density at radius 1 is 1.00 bits per heavy atom. The number of aliphatic hydroxyl groups is 1. The minimum absolute atomic E-state index is 0.191. The average Bonchev–Trinajstić information content (AvgIpc) is 3.39. The summed E-state index contributed by atoms with van der Waals surface area (Å²) in [5, 5.41) is 16.7. The van der Waals surface area contributed by atoms with Gasteiger partial charge in [-0.2, -0.15) is 5.10 Å². The number of benzene rings is 2. The normalized spacial score (nSPS) is 13.5. The van der Waals surface area contributed by atoms with Crippen molar-refractivity contribution in [3.05, 3.63) is 105 Å². The minimum Gasteiger partial charge on any atom is -0.381 e. The van der Waals surface area contributed by atoms with Crippen LogP contribution in [0, 0.1) is 0 Å². The van der Waals surface area contributed by atoms with E-state index in [4.69, 9.17) is 23.2 Å². The van der Waals surface area contributed by atoms with E-state index in [1.165, 1.54) is 6.33 Å². The average molecular weight is 518 g/mol. The summed E-state index contributed by atoms with van der Waals surface area (Å²) >= 11 is 15.9. The van der Waals surface area contributed by atoms with Crippen molar-refractivity contribution >= 4 is 51.3 Å². The Hall–Kier alpha value is -2.38. The standard InChI is InChI=1S/C23H19BrCl2N4O/c24-19-5-3-17(4-6-19)1-2-18-9-10-29(12-18)13-23(31,14-30-16-27-15-28-30)21-8-7-20(25)11-22(21)26/h1-12,15-16,31H,13-14H2/b2-1+. The molecular formula is C23H19BrCl2N4O. The van der Waals surface area contributed by atoms with Crippen LogP contribution in [0.15, 0.2) is 78.1 Å². The van der Waals surface area contributed by atoms with Crippen LogP contribution < -0.4 is 0 Å². The van der Waals surface area contributed by atoms with Crippen molar-refractivity contribution in [2.75, 3.05) is 0 Å². The molecule has 1 unspecified atom stereocenters. The molecule has 2 aromatic carbocycles. The molecule has 0 saturated carbocycles. The first-order valence-electron chi connectivity index (χ1n) is 9.51. The summed E-state index contributed by atoms with van der Waals surface area (Å²) in [5.41, 5.74) is 1.38. The summed E-state index contributed by atoms with van der Waals surface area (Å²) in [6, 6.07) is 15.2. The van der Waals surface area contributed by atoms with Gasteiger partial charge >= 0.3 is 0 Å². The van der Waals surface area contributed by atoms with E-state index in [2.05, 4.69) is 26.0 Å². The molecular weight excluding hydrogens is 499 g/mol. The van der Waals surface area contributed by atoms with E-state index in [1.54, 1.807) is 29.2 Å². The predicted octanol–water partition coefficient (Wildman–Crippen LogP) is 5.91. The van der Waals surface area contributed by atoms with Gasteiger partial charge in [0.25, 0.3) is 0 Å². The van der Waals surface area contributed by atoms with Gasteiger partial charge in [0.05, 0.1) is 13.1 Å². The summed E-state index contributed by atoms with van der Waals surface area (Å²) in [6.07, 6.45) is 11.0. The molecule has 0 saturated heterocycles. The zero-order valence-electron chi connectivity index (χ0n) is 16.4. The molecule has 0 aliphatic heterocycles. The molecule has 0 bridgehead atoms. The van der Waals surface area contributed by atoms with Crippen molar-refractivity contribution in [2.45, 2.75) is 18.7 Å². The Balaban J connectivity index is 1.59. The maximum atomic E-state index is 11.7. The molecule has 1 N–H and O–H groups in total. The molecule has 2 aromatic heterocycles. The first-order valence-corrected chi connectivity index (χ1v) is 11.1. The minimum atomic E-state index is -1.32. The second-order valence-electron chi connectivity index (χ2n) is 7.25. The second kappa shape index (κ2) is 9.40. The third kappa shape index (κ3) is 5.46. The highest BCUT2D eigenvalue weighted by Gasteiger charge is 2.33. The van der Waals surface area contributed by atoms with Gasteiger partial charge in [-0.05, 0) is 41.5 Å². The maximum absolute atomic E-state index is 11.7. The van der Waals surface area contributed by atoms with E-state index >= 15 is 0 Å². The molecule has 5 nitrogen and oxygen atoms in total. The molecule has 31 heavy (non-hydrogen) atoms. The number of aromatic nitrogens is 4. The van der Waals surface area contributed by atoms with Gasteiger partial charge in [0.2, 0.25) is 0 Å². The van der Waals surface area contributed by atoms with Gasteiger partial charge in [0, 0.05) is 32.5 Å². The maximum Gasteiger partial charge on any atom is 0.137 e. The van der Waals surface area contributed by atoms with Crippen molar-refractivity contribution in [2.24, 2.45) is 0 Å². The molecule has 158 valence electrons. The SMILES string of the molecule is OC(Cn1ccc(/C=C/c2ccc(Br)cc2)c1)(Cn1cncn1)c1ccc(Cl)cc1Cl. The molecule has 0 aliphatic rings. The molecule has 0 aliphatic carbocycles. The fraction of sp³-hybridized carbons (Fsp3) is 0.130. The molecule has 8 heteroatoms. The summed E-state index contributed by atoms with van der Waals surface area (Å²) < 4.78 is 4.56. The quantitative estimate of drug-likeness (QED) is 0.331. The van der Waals surface area contributed by atoms with Crippen LogP contribution >= 0.6 is 39.1 Å². The summed E-state index contributed by atoms with van der Waals surface area (Å²) in [6.45, 7) is 0.469. The first kappa shape index (κ1) is 21.8. The third-order valence-corrected chi connectivity index (χ3v) is 5.95. The Bertz CT molecular complexity index is 1190. The van der Waals surface area contributed by atoms with Crippen LogP contribution in [-0.2, 0) is 18.7 Å². The summed E-state index contributed by atoms with van der Waals surface area (Å²) in [4.78, 5) is 3.97. The van der Waals surface area contributed by atoms with E-state index in [-0.39, 0.29) is 13.1 Å². The number of hydrogen-bond donors (Lipinski definition) is 1. The Morgan fingerprint density at radius 2 is 1.77 bits per heavy atom. The van der Waals surface area contributed by atoms with Gasteiger partial charge in [0.15, 0.2) is 0 Å². The van der Waals surface area contributed by atoms with Crippen LogP contribution in [0.1, 0.15) is 16.7 Å². The van der Waals surface area contributed by atoms with Gasteiger partial charge in [-0.1, -0.05) is 69.5 Å². The van der Waals surface area contributed by atoms with E-state index in [1.807, 2.05) is 59.4 Å². The predicted molar refractivity (Wildman–Crippen MR) is 128 cm³/mol. The monoisotopic (exact) mass is 516 g/mol. The van der Waals surface area contributed by atoms with E-state index < -0.39 is 5.60 Å². The first-order chi connectivity index (χ1) is 14.9. The Kier molecular flexibility index (Phi) is 6.62. The zero-order chi connectivity index (χ0) is 21.8. The fourth-order valence-corrected chi connectivity index (χ4v) is 4.24. The van der Waals surface area contributed by atoms with Crippen LogP contribution in [-0.4, -0.2) is 24.4 Å². The van der Waals surface area contributed by atoms with Crippen LogP contribution in [0.3, 0.4) is 0 Å². The number of hydrogen-bond acceptors (Lipinski definition) is 3. The lowest BCUT2D eigenvalue weighted by Crippen LogP contribution is -2.36. The smallest absolute Gasteiger partial charge is 0.137 e. The molecule has 0 fully saturated rings. The van der Waals surface area contributed by atoms with Gasteiger partial charge in [0.1, 0.15) is 18.3 Å². The van der Waals surface area contributed by atoms with Crippen molar-refractivity contribution in [3.63, 3.8) is 0 Å². The second-order valence-corrected chi connectivity index (χ2v) is 9.01. The van der Waals surface area contributed by atoms with Gasteiger partial charge in [-0.25, -0.2) is 9.67 Å². The van der Waals surface area contributed by atoms with E-state index in [0.717, 1.165) is 15.6 Å². The largest absolute Gasteiger partial charge is 0.381 e. The lowest BCUT2D eigenvalue weighted by molar-refractivity contribution is -0.00204. The Morgan fingerprint density at radius 3 is 2.48 bits per heavy atom. The van der Waals surface area contributed by atoms with E-state index in [0.29, 0.717) is 15.6 Å².